The van der Waals surface area contributed by atoms with Crippen molar-refractivity contribution in [1.29, 1.82) is 0 Å². The van der Waals surface area contributed by atoms with E-state index in [1.54, 1.807) is 24.9 Å². The molecular formula is C15H10N4O. The zero-order valence-corrected chi connectivity index (χ0v) is 10.5. The molecule has 0 atom stereocenters. The predicted octanol–water partition coefficient (Wildman–Crippen LogP) is 3.05. The molecule has 0 radical (unpaired) electrons. The smallest absolute Gasteiger partial charge is 0.169 e. The average molecular weight is 262 g/mol. The Hall–Kier alpha value is -2.95. The summed E-state index contributed by atoms with van der Waals surface area (Å²) in [5, 5.41) is 8.42. The van der Waals surface area contributed by atoms with E-state index in [9.17, 15) is 0 Å². The van der Waals surface area contributed by atoms with Crippen molar-refractivity contribution in [2.45, 2.75) is 0 Å². The number of hydrogen-bond donors (Lipinski definition) is 0. The normalized spacial score (nSPS) is 11.0. The van der Waals surface area contributed by atoms with Gasteiger partial charge in [0.2, 0.25) is 0 Å². The monoisotopic (exact) mass is 262 g/mol. The van der Waals surface area contributed by atoms with E-state index in [0.29, 0.717) is 0 Å². The van der Waals surface area contributed by atoms with Gasteiger partial charge in [0.15, 0.2) is 11.5 Å². The molecule has 4 aromatic rings. The highest BCUT2D eigenvalue weighted by Crippen LogP contribution is 2.23. The zero-order chi connectivity index (χ0) is 13.4. The molecule has 4 aromatic heterocycles. The molecule has 0 saturated heterocycles. The Bertz CT molecular complexity index is 850. The number of hydrogen-bond acceptors (Lipinski definition) is 4. The molecule has 0 aliphatic heterocycles. The molecule has 0 N–H and O–H groups in total. The molecule has 20 heavy (non-hydrogen) atoms. The topological polar surface area (TPSA) is 56.2 Å². The minimum absolute atomic E-state index is 0.776. The van der Waals surface area contributed by atoms with Crippen LogP contribution in [0.1, 0.15) is 0 Å². The van der Waals surface area contributed by atoms with Crippen molar-refractivity contribution in [3.8, 4) is 22.5 Å². The lowest BCUT2D eigenvalue weighted by molar-refractivity contribution is 0.568. The molecule has 0 aliphatic rings. The number of pyridine rings is 2. The molecule has 0 bridgehead atoms. The fourth-order valence-corrected chi connectivity index (χ4v) is 2.18. The lowest BCUT2D eigenvalue weighted by Crippen LogP contribution is -1.90. The maximum Gasteiger partial charge on any atom is 0.169 e. The van der Waals surface area contributed by atoms with Gasteiger partial charge in [-0.1, -0.05) is 0 Å². The zero-order valence-electron chi connectivity index (χ0n) is 10.5. The van der Waals surface area contributed by atoms with Crippen LogP contribution >= 0.6 is 0 Å². The third-order valence-electron chi connectivity index (χ3n) is 3.18. The molecule has 0 saturated carbocycles. The maximum atomic E-state index is 5.13. The molecule has 0 aromatic carbocycles. The summed E-state index contributed by atoms with van der Waals surface area (Å²) in [5.74, 6) is 0.776. The molecule has 0 fully saturated rings. The van der Waals surface area contributed by atoms with Crippen LogP contribution in [0.5, 0.6) is 0 Å². The summed E-state index contributed by atoms with van der Waals surface area (Å²) in [6.07, 6.45) is 8.90. The number of rotatable bonds is 2. The van der Waals surface area contributed by atoms with Crippen LogP contribution in [0.4, 0.5) is 0 Å². The fraction of sp³-hybridized carbons (Fsp3) is 0. The van der Waals surface area contributed by atoms with E-state index in [1.807, 2.05) is 40.9 Å². The van der Waals surface area contributed by atoms with Crippen LogP contribution in [-0.2, 0) is 0 Å². The summed E-state index contributed by atoms with van der Waals surface area (Å²) in [4.78, 5) is 4.12. The summed E-state index contributed by atoms with van der Waals surface area (Å²) < 4.78 is 7.08. The number of furan rings is 1. The molecule has 0 spiro atoms. The standard InChI is InChI=1S/C15H10N4O/c1-2-11(8-16-6-1)15-18-17-14-4-3-12(9-19(14)15)13-5-7-20-10-13/h1-10H. The molecular weight excluding hydrogens is 252 g/mol. The van der Waals surface area contributed by atoms with Gasteiger partial charge in [0.05, 0.1) is 12.5 Å². The van der Waals surface area contributed by atoms with Gasteiger partial charge in [-0.2, -0.15) is 0 Å². The lowest BCUT2D eigenvalue weighted by atomic mass is 10.1. The molecule has 0 aliphatic carbocycles. The minimum atomic E-state index is 0.776. The molecule has 96 valence electrons. The van der Waals surface area contributed by atoms with Crippen molar-refractivity contribution in [2.75, 3.05) is 0 Å². The highest BCUT2D eigenvalue weighted by Gasteiger charge is 2.09. The Kier molecular flexibility index (Phi) is 2.35. The van der Waals surface area contributed by atoms with Crippen LogP contribution in [0.3, 0.4) is 0 Å². The first-order valence-corrected chi connectivity index (χ1v) is 6.19. The van der Waals surface area contributed by atoms with Gasteiger partial charge in [-0.05, 0) is 30.3 Å². The largest absolute Gasteiger partial charge is 0.472 e. The first kappa shape index (κ1) is 10.9. The quantitative estimate of drug-likeness (QED) is 0.557. The number of aromatic nitrogens is 4. The van der Waals surface area contributed by atoms with Crippen LogP contribution in [0.25, 0.3) is 28.2 Å². The van der Waals surface area contributed by atoms with Crippen molar-refractivity contribution in [1.82, 2.24) is 19.6 Å². The SMILES string of the molecule is c1cncc(-c2nnc3ccc(-c4ccoc4)cn23)c1. The minimum Gasteiger partial charge on any atom is -0.472 e. The van der Waals surface area contributed by atoms with E-state index in [2.05, 4.69) is 15.2 Å². The number of fused-ring (bicyclic) bond motifs is 1. The summed E-state index contributed by atoms with van der Waals surface area (Å²) >= 11 is 0. The molecule has 4 rings (SSSR count). The van der Waals surface area contributed by atoms with Crippen LogP contribution in [-0.4, -0.2) is 19.6 Å². The van der Waals surface area contributed by atoms with E-state index >= 15 is 0 Å². The summed E-state index contributed by atoms with van der Waals surface area (Å²) in [6, 6.07) is 9.72. The van der Waals surface area contributed by atoms with Crippen LogP contribution in [0.2, 0.25) is 0 Å². The van der Waals surface area contributed by atoms with Gasteiger partial charge in [-0.25, -0.2) is 0 Å². The lowest BCUT2D eigenvalue weighted by Gasteiger charge is -2.02. The van der Waals surface area contributed by atoms with Gasteiger partial charge < -0.3 is 4.42 Å². The molecule has 0 unspecified atom stereocenters. The van der Waals surface area contributed by atoms with E-state index in [1.165, 1.54) is 0 Å². The molecule has 5 heteroatoms. The van der Waals surface area contributed by atoms with Gasteiger partial charge >= 0.3 is 0 Å². The van der Waals surface area contributed by atoms with Gasteiger partial charge in [-0.15, -0.1) is 10.2 Å². The van der Waals surface area contributed by atoms with Crippen LogP contribution < -0.4 is 0 Å². The van der Waals surface area contributed by atoms with E-state index in [-0.39, 0.29) is 0 Å². The molecule has 5 nitrogen and oxygen atoms in total. The summed E-state index contributed by atoms with van der Waals surface area (Å²) in [5.41, 5.74) is 3.81. The van der Waals surface area contributed by atoms with Crippen molar-refractivity contribution in [3.63, 3.8) is 0 Å². The Balaban J connectivity index is 1.93. The van der Waals surface area contributed by atoms with Crippen molar-refractivity contribution >= 4 is 5.65 Å². The summed E-state index contributed by atoms with van der Waals surface area (Å²) in [6.45, 7) is 0. The van der Waals surface area contributed by atoms with Gasteiger partial charge in [0, 0.05) is 35.3 Å². The van der Waals surface area contributed by atoms with Crippen LogP contribution in [0.15, 0.2) is 65.9 Å². The van der Waals surface area contributed by atoms with E-state index in [0.717, 1.165) is 28.2 Å². The van der Waals surface area contributed by atoms with Crippen LogP contribution in [0, 0.1) is 0 Å². The second-order valence-electron chi connectivity index (χ2n) is 4.42. The van der Waals surface area contributed by atoms with Gasteiger partial charge in [0.1, 0.15) is 0 Å². The average Bonchev–Trinajstić information content (AvgIpc) is 3.17. The maximum absolute atomic E-state index is 5.13. The second-order valence-corrected chi connectivity index (χ2v) is 4.42. The number of nitrogens with zero attached hydrogens (tertiary/aromatic N) is 4. The third kappa shape index (κ3) is 1.68. The van der Waals surface area contributed by atoms with Gasteiger partial charge in [-0.3, -0.25) is 9.38 Å². The Labute approximate surface area is 114 Å². The van der Waals surface area contributed by atoms with Crippen molar-refractivity contribution in [2.24, 2.45) is 0 Å². The highest BCUT2D eigenvalue weighted by atomic mass is 16.3. The summed E-state index contributed by atoms with van der Waals surface area (Å²) in [7, 11) is 0. The van der Waals surface area contributed by atoms with Crippen molar-refractivity contribution in [3.05, 3.63) is 61.4 Å². The predicted molar refractivity (Wildman–Crippen MR) is 73.9 cm³/mol. The Morgan fingerprint density at radius 3 is 2.75 bits per heavy atom. The molecule has 0 amide bonds. The Morgan fingerprint density at radius 1 is 0.950 bits per heavy atom. The first-order chi connectivity index (χ1) is 9.92. The fourth-order valence-electron chi connectivity index (χ4n) is 2.18. The third-order valence-corrected chi connectivity index (χ3v) is 3.18. The van der Waals surface area contributed by atoms with E-state index in [4.69, 9.17) is 4.42 Å². The van der Waals surface area contributed by atoms with Crippen molar-refractivity contribution < 1.29 is 4.42 Å². The second kappa shape index (κ2) is 4.31. The Morgan fingerprint density at radius 2 is 1.95 bits per heavy atom. The van der Waals surface area contributed by atoms with Gasteiger partial charge in [0.25, 0.3) is 0 Å². The molecule has 4 heterocycles. The van der Waals surface area contributed by atoms with E-state index < -0.39 is 0 Å². The first-order valence-electron chi connectivity index (χ1n) is 6.19. The highest BCUT2D eigenvalue weighted by molar-refractivity contribution is 5.66.